The topological polar surface area (TPSA) is 72.5 Å². The van der Waals surface area contributed by atoms with Crippen LogP contribution in [0.5, 0.6) is 5.75 Å². The van der Waals surface area contributed by atoms with E-state index in [1.54, 1.807) is 0 Å². The molecule has 0 unspecified atom stereocenters. The average molecular weight is 384 g/mol. The number of rotatable bonds is 4. The SMILES string of the molecule is NC(=NCc1nc(C(F)(F)F)cs1)Nc1ccccc1OC(F)(F)F. The second-order valence-corrected chi connectivity index (χ2v) is 5.44. The number of aliphatic imine (C=N–C) groups is 1. The number of benzene rings is 1. The Kier molecular flexibility index (Phi) is 5.40. The fraction of sp³-hybridized carbons (Fsp3) is 0.231. The summed E-state index contributed by atoms with van der Waals surface area (Å²) in [5.41, 5.74) is 4.39. The summed E-state index contributed by atoms with van der Waals surface area (Å²) in [5.74, 6) is -0.830. The smallest absolute Gasteiger partial charge is 0.404 e. The maximum Gasteiger partial charge on any atom is 0.573 e. The lowest BCUT2D eigenvalue weighted by molar-refractivity contribution is -0.274. The van der Waals surface area contributed by atoms with Gasteiger partial charge >= 0.3 is 12.5 Å². The lowest BCUT2D eigenvalue weighted by atomic mass is 10.3. The molecule has 12 heteroatoms. The van der Waals surface area contributed by atoms with Crippen LogP contribution in [0.1, 0.15) is 10.7 Å². The van der Waals surface area contributed by atoms with E-state index in [4.69, 9.17) is 5.73 Å². The van der Waals surface area contributed by atoms with Gasteiger partial charge in [-0.15, -0.1) is 24.5 Å². The standard InChI is InChI=1S/C13H10F6N4OS/c14-12(15,16)9-6-25-10(23-9)5-21-11(20)22-7-3-1-2-4-8(7)24-13(17,18)19/h1-4,6H,5H2,(H3,20,21,22). The van der Waals surface area contributed by atoms with Crippen molar-refractivity contribution in [2.45, 2.75) is 19.1 Å². The van der Waals surface area contributed by atoms with Crippen LogP contribution in [0.25, 0.3) is 0 Å². The third-order valence-electron chi connectivity index (χ3n) is 2.60. The van der Waals surface area contributed by atoms with E-state index in [1.807, 2.05) is 0 Å². The van der Waals surface area contributed by atoms with Gasteiger partial charge < -0.3 is 15.8 Å². The molecule has 0 saturated heterocycles. The predicted molar refractivity (Wildman–Crippen MR) is 79.2 cm³/mol. The molecule has 25 heavy (non-hydrogen) atoms. The second kappa shape index (κ2) is 7.17. The number of para-hydroxylation sites is 2. The van der Waals surface area contributed by atoms with Gasteiger partial charge in [0.1, 0.15) is 5.01 Å². The fourth-order valence-electron chi connectivity index (χ4n) is 1.63. The molecular formula is C13H10F6N4OS. The van der Waals surface area contributed by atoms with Crippen LogP contribution >= 0.6 is 11.3 Å². The number of halogens is 6. The summed E-state index contributed by atoms with van der Waals surface area (Å²) in [6, 6.07) is 5.11. The van der Waals surface area contributed by atoms with Crippen molar-refractivity contribution in [1.82, 2.24) is 4.98 Å². The minimum Gasteiger partial charge on any atom is -0.404 e. The quantitative estimate of drug-likeness (QED) is 0.475. The Labute approximate surface area is 141 Å². The van der Waals surface area contributed by atoms with Crippen LogP contribution in [0.4, 0.5) is 32.0 Å². The lowest BCUT2D eigenvalue weighted by Crippen LogP contribution is -2.24. The lowest BCUT2D eigenvalue weighted by Gasteiger charge is -2.13. The molecule has 1 aromatic carbocycles. The number of anilines is 1. The molecule has 0 radical (unpaired) electrons. The summed E-state index contributed by atoms with van der Waals surface area (Å²) in [7, 11) is 0. The molecule has 2 rings (SSSR count). The Morgan fingerprint density at radius 2 is 1.88 bits per heavy atom. The summed E-state index contributed by atoms with van der Waals surface area (Å²) >= 11 is 0.741. The Morgan fingerprint density at radius 1 is 1.20 bits per heavy atom. The number of aromatic nitrogens is 1. The molecule has 0 amide bonds. The van der Waals surface area contributed by atoms with Crippen LogP contribution < -0.4 is 15.8 Å². The number of nitrogens with one attached hydrogen (secondary N) is 1. The van der Waals surface area contributed by atoms with Crippen molar-refractivity contribution in [3.05, 3.63) is 40.3 Å². The summed E-state index contributed by atoms with van der Waals surface area (Å²) in [6.45, 7) is -0.262. The maximum atomic E-state index is 12.4. The van der Waals surface area contributed by atoms with E-state index < -0.39 is 24.0 Å². The van der Waals surface area contributed by atoms with E-state index >= 15 is 0 Å². The van der Waals surface area contributed by atoms with Crippen LogP contribution in [0, 0.1) is 0 Å². The molecule has 0 fully saturated rings. The van der Waals surface area contributed by atoms with E-state index in [1.165, 1.54) is 18.2 Å². The van der Waals surface area contributed by atoms with Crippen LogP contribution in [0.2, 0.25) is 0 Å². The highest BCUT2D eigenvalue weighted by atomic mass is 32.1. The number of ether oxygens (including phenoxy) is 1. The number of nitrogens with zero attached hydrogens (tertiary/aromatic N) is 2. The van der Waals surface area contributed by atoms with Crippen molar-refractivity contribution in [2.75, 3.05) is 5.32 Å². The Bertz CT molecular complexity index is 755. The van der Waals surface area contributed by atoms with Crippen LogP contribution in [-0.4, -0.2) is 17.3 Å². The summed E-state index contributed by atoms with van der Waals surface area (Å²) < 4.78 is 78.1. The van der Waals surface area contributed by atoms with Crippen molar-refractivity contribution < 1.29 is 31.1 Å². The van der Waals surface area contributed by atoms with E-state index in [0.29, 0.717) is 0 Å². The maximum absolute atomic E-state index is 12.4. The fourth-order valence-corrected chi connectivity index (χ4v) is 2.35. The van der Waals surface area contributed by atoms with Gasteiger partial charge in [0.05, 0.1) is 12.2 Å². The summed E-state index contributed by atoms with van der Waals surface area (Å²) in [4.78, 5) is 7.11. The van der Waals surface area contributed by atoms with Crippen LogP contribution in [-0.2, 0) is 12.7 Å². The molecule has 3 N–H and O–H groups in total. The Hall–Kier alpha value is -2.50. The number of guanidine groups is 1. The molecule has 0 aliphatic carbocycles. The number of hydrogen-bond acceptors (Lipinski definition) is 4. The minimum absolute atomic E-state index is 0.0527. The number of hydrogen-bond donors (Lipinski definition) is 2. The van der Waals surface area contributed by atoms with E-state index in [2.05, 4.69) is 20.0 Å². The molecule has 0 saturated carbocycles. The first-order chi connectivity index (χ1) is 11.5. The number of thiazole rings is 1. The highest BCUT2D eigenvalue weighted by Crippen LogP contribution is 2.31. The van der Waals surface area contributed by atoms with Crippen molar-refractivity contribution in [3.8, 4) is 5.75 Å². The zero-order valence-electron chi connectivity index (χ0n) is 12.1. The van der Waals surface area contributed by atoms with Gasteiger partial charge in [0.2, 0.25) is 0 Å². The molecule has 1 aromatic heterocycles. The first-order valence-electron chi connectivity index (χ1n) is 6.48. The first-order valence-corrected chi connectivity index (χ1v) is 7.36. The third-order valence-corrected chi connectivity index (χ3v) is 3.44. The normalized spacial score (nSPS) is 13.0. The predicted octanol–water partition coefficient (Wildman–Crippen LogP) is 3.99. The van der Waals surface area contributed by atoms with Crippen molar-refractivity contribution >= 4 is 23.0 Å². The number of alkyl halides is 6. The third kappa shape index (κ3) is 5.81. The number of nitrogens with two attached hydrogens (primary N) is 1. The van der Waals surface area contributed by atoms with Crippen molar-refractivity contribution in [2.24, 2.45) is 10.7 Å². The van der Waals surface area contributed by atoms with Gasteiger partial charge in [-0.2, -0.15) is 13.2 Å². The van der Waals surface area contributed by atoms with Gasteiger partial charge in [0.25, 0.3) is 0 Å². The van der Waals surface area contributed by atoms with Crippen LogP contribution in [0.15, 0.2) is 34.6 Å². The highest BCUT2D eigenvalue weighted by Gasteiger charge is 2.33. The molecule has 0 aliphatic rings. The van der Waals surface area contributed by atoms with Gasteiger partial charge in [-0.1, -0.05) is 12.1 Å². The Morgan fingerprint density at radius 3 is 2.48 bits per heavy atom. The van der Waals surface area contributed by atoms with E-state index in [9.17, 15) is 26.3 Å². The Balaban J connectivity index is 2.06. The molecule has 1 heterocycles. The summed E-state index contributed by atoms with van der Waals surface area (Å²) in [5, 5.41) is 3.28. The van der Waals surface area contributed by atoms with Crippen molar-refractivity contribution in [3.63, 3.8) is 0 Å². The molecule has 136 valence electrons. The monoisotopic (exact) mass is 384 g/mol. The minimum atomic E-state index is -4.89. The molecule has 0 bridgehead atoms. The van der Waals surface area contributed by atoms with Gasteiger partial charge in [0, 0.05) is 5.38 Å². The molecule has 0 spiro atoms. The zero-order chi connectivity index (χ0) is 18.7. The van der Waals surface area contributed by atoms with Crippen LogP contribution in [0.3, 0.4) is 0 Å². The molecular weight excluding hydrogens is 374 g/mol. The van der Waals surface area contributed by atoms with Gasteiger partial charge in [0.15, 0.2) is 17.4 Å². The van der Waals surface area contributed by atoms with Gasteiger partial charge in [-0.05, 0) is 12.1 Å². The van der Waals surface area contributed by atoms with E-state index in [-0.39, 0.29) is 23.2 Å². The first kappa shape index (κ1) is 18.8. The molecule has 5 nitrogen and oxygen atoms in total. The van der Waals surface area contributed by atoms with E-state index in [0.717, 1.165) is 22.8 Å². The van der Waals surface area contributed by atoms with Gasteiger partial charge in [-0.25, -0.2) is 9.98 Å². The average Bonchev–Trinajstić information content (AvgIpc) is 2.95. The van der Waals surface area contributed by atoms with Gasteiger partial charge in [-0.3, -0.25) is 0 Å². The summed E-state index contributed by atoms with van der Waals surface area (Å²) in [6.07, 6.45) is -9.45. The second-order valence-electron chi connectivity index (χ2n) is 4.49. The highest BCUT2D eigenvalue weighted by molar-refractivity contribution is 7.09. The molecule has 2 aromatic rings. The molecule has 0 aliphatic heterocycles. The molecule has 0 atom stereocenters. The van der Waals surface area contributed by atoms with Crippen molar-refractivity contribution in [1.29, 1.82) is 0 Å². The zero-order valence-corrected chi connectivity index (χ0v) is 13.0. The largest absolute Gasteiger partial charge is 0.573 e.